The van der Waals surface area contributed by atoms with Crippen molar-refractivity contribution in [2.24, 2.45) is 5.73 Å². The van der Waals surface area contributed by atoms with Crippen molar-refractivity contribution in [3.05, 3.63) is 59.7 Å². The Kier molecular flexibility index (Phi) is 4.28. The van der Waals surface area contributed by atoms with Crippen molar-refractivity contribution >= 4 is 23.2 Å². The number of nitrogens with one attached hydrogen (secondary N) is 1. The van der Waals surface area contributed by atoms with E-state index in [1.54, 1.807) is 24.3 Å². The van der Waals surface area contributed by atoms with Crippen LogP contribution in [0.2, 0.25) is 0 Å². The Morgan fingerprint density at radius 2 is 1.43 bits per heavy atom. The van der Waals surface area contributed by atoms with E-state index in [9.17, 15) is 9.59 Å². The maximum Gasteiger partial charge on any atom is 0.255 e. The first-order valence-electron chi connectivity index (χ1n) is 7.70. The molecule has 1 aliphatic heterocycles. The summed E-state index contributed by atoms with van der Waals surface area (Å²) >= 11 is 0. The number of amides is 2. The zero-order chi connectivity index (χ0) is 16.2. The van der Waals surface area contributed by atoms with Crippen LogP contribution in [0.3, 0.4) is 0 Å². The lowest BCUT2D eigenvalue weighted by Crippen LogP contribution is -2.18. The Balaban J connectivity index is 1.66. The number of hydrogen-bond acceptors (Lipinski definition) is 3. The van der Waals surface area contributed by atoms with Crippen LogP contribution < -0.4 is 16.0 Å². The number of hydrogen-bond donors (Lipinski definition) is 2. The first kappa shape index (κ1) is 15.1. The van der Waals surface area contributed by atoms with Crippen LogP contribution >= 0.6 is 0 Å². The molecule has 0 unspecified atom stereocenters. The zero-order valence-electron chi connectivity index (χ0n) is 12.8. The van der Waals surface area contributed by atoms with E-state index in [0.29, 0.717) is 16.8 Å². The fourth-order valence-electron chi connectivity index (χ4n) is 2.72. The highest BCUT2D eigenvalue weighted by molar-refractivity contribution is 6.04. The molecule has 2 aromatic rings. The van der Waals surface area contributed by atoms with E-state index in [-0.39, 0.29) is 5.91 Å². The molecule has 0 aromatic heterocycles. The third-order valence-corrected chi connectivity index (χ3v) is 4.03. The lowest BCUT2D eigenvalue weighted by atomic mass is 10.1. The minimum absolute atomic E-state index is 0.176. The maximum atomic E-state index is 12.2. The monoisotopic (exact) mass is 309 g/mol. The molecular formula is C18H19N3O2. The molecule has 1 fully saturated rings. The second kappa shape index (κ2) is 6.52. The average Bonchev–Trinajstić information content (AvgIpc) is 3.10. The number of benzene rings is 2. The van der Waals surface area contributed by atoms with Gasteiger partial charge < -0.3 is 16.0 Å². The van der Waals surface area contributed by atoms with Crippen molar-refractivity contribution in [3.8, 4) is 0 Å². The molecule has 2 aromatic carbocycles. The highest BCUT2D eigenvalue weighted by Crippen LogP contribution is 2.21. The van der Waals surface area contributed by atoms with Gasteiger partial charge in [0.25, 0.3) is 5.91 Å². The number of carbonyl (C=O) groups excluding carboxylic acids is 2. The minimum atomic E-state index is -0.486. The predicted octanol–water partition coefficient (Wildman–Crippen LogP) is 2.64. The lowest BCUT2D eigenvalue weighted by molar-refractivity contribution is 0.0998. The molecule has 0 atom stereocenters. The van der Waals surface area contributed by atoms with E-state index in [1.165, 1.54) is 12.8 Å². The molecule has 118 valence electrons. The first-order chi connectivity index (χ1) is 11.1. The summed E-state index contributed by atoms with van der Waals surface area (Å²) in [5, 5.41) is 2.81. The van der Waals surface area contributed by atoms with E-state index in [4.69, 9.17) is 5.73 Å². The second-order valence-corrected chi connectivity index (χ2v) is 5.64. The molecule has 0 spiro atoms. The fraction of sp³-hybridized carbons (Fsp3) is 0.222. The Hall–Kier alpha value is -2.82. The first-order valence-corrected chi connectivity index (χ1v) is 7.70. The SMILES string of the molecule is NC(=O)c1ccc(NC(=O)c2ccc(N3CCCC3)cc2)cc1. The lowest BCUT2D eigenvalue weighted by Gasteiger charge is -2.17. The van der Waals surface area contributed by atoms with Gasteiger partial charge in [-0.2, -0.15) is 0 Å². The maximum absolute atomic E-state index is 12.2. The molecule has 5 nitrogen and oxygen atoms in total. The molecular weight excluding hydrogens is 290 g/mol. The van der Waals surface area contributed by atoms with Crippen LogP contribution in [-0.4, -0.2) is 24.9 Å². The van der Waals surface area contributed by atoms with Gasteiger partial charge in [-0.1, -0.05) is 0 Å². The molecule has 5 heteroatoms. The normalized spacial score (nSPS) is 13.8. The van der Waals surface area contributed by atoms with E-state index in [0.717, 1.165) is 18.8 Å². The van der Waals surface area contributed by atoms with Crippen LogP contribution in [-0.2, 0) is 0 Å². The summed E-state index contributed by atoms with van der Waals surface area (Å²) in [6, 6.07) is 14.1. The van der Waals surface area contributed by atoms with Crippen LogP contribution in [0.4, 0.5) is 11.4 Å². The average molecular weight is 309 g/mol. The number of anilines is 2. The van der Waals surface area contributed by atoms with Gasteiger partial charge >= 0.3 is 0 Å². The summed E-state index contributed by atoms with van der Waals surface area (Å²) in [5.74, 6) is -0.662. The van der Waals surface area contributed by atoms with Gasteiger partial charge in [-0.15, -0.1) is 0 Å². The summed E-state index contributed by atoms with van der Waals surface area (Å²) < 4.78 is 0. The Morgan fingerprint density at radius 3 is 2.00 bits per heavy atom. The van der Waals surface area contributed by atoms with Crippen molar-refractivity contribution < 1.29 is 9.59 Å². The summed E-state index contributed by atoms with van der Waals surface area (Å²) in [5.41, 5.74) is 8.00. The number of nitrogens with zero attached hydrogens (tertiary/aromatic N) is 1. The molecule has 0 saturated carbocycles. The minimum Gasteiger partial charge on any atom is -0.372 e. The number of rotatable bonds is 4. The summed E-state index contributed by atoms with van der Waals surface area (Å²) in [6.07, 6.45) is 2.45. The van der Waals surface area contributed by atoms with Crippen LogP contribution in [0, 0.1) is 0 Å². The van der Waals surface area contributed by atoms with Gasteiger partial charge in [0.15, 0.2) is 0 Å². The number of nitrogens with two attached hydrogens (primary N) is 1. The topological polar surface area (TPSA) is 75.4 Å². The molecule has 23 heavy (non-hydrogen) atoms. The molecule has 0 bridgehead atoms. The van der Waals surface area contributed by atoms with Crippen LogP contribution in [0.5, 0.6) is 0 Å². The quantitative estimate of drug-likeness (QED) is 0.911. The second-order valence-electron chi connectivity index (χ2n) is 5.64. The molecule has 1 saturated heterocycles. The molecule has 0 aliphatic carbocycles. The van der Waals surface area contributed by atoms with E-state index in [2.05, 4.69) is 10.2 Å². The van der Waals surface area contributed by atoms with Gasteiger partial charge in [0.1, 0.15) is 0 Å². The molecule has 2 amide bonds. The highest BCUT2D eigenvalue weighted by atomic mass is 16.2. The van der Waals surface area contributed by atoms with Crippen LogP contribution in [0.1, 0.15) is 33.6 Å². The van der Waals surface area contributed by atoms with Gasteiger partial charge in [0, 0.05) is 35.6 Å². The third-order valence-electron chi connectivity index (χ3n) is 4.03. The molecule has 3 N–H and O–H groups in total. The summed E-state index contributed by atoms with van der Waals surface area (Å²) in [6.45, 7) is 2.16. The Labute approximate surface area is 135 Å². The number of primary amides is 1. The summed E-state index contributed by atoms with van der Waals surface area (Å²) in [7, 11) is 0. The van der Waals surface area contributed by atoms with Crippen molar-refractivity contribution in [3.63, 3.8) is 0 Å². The largest absolute Gasteiger partial charge is 0.372 e. The van der Waals surface area contributed by atoms with Gasteiger partial charge in [0.2, 0.25) is 5.91 Å². The van der Waals surface area contributed by atoms with Crippen LogP contribution in [0.25, 0.3) is 0 Å². The zero-order valence-corrected chi connectivity index (χ0v) is 12.8. The molecule has 1 heterocycles. The highest BCUT2D eigenvalue weighted by Gasteiger charge is 2.13. The van der Waals surface area contributed by atoms with Crippen molar-refractivity contribution in [2.75, 3.05) is 23.3 Å². The molecule has 3 rings (SSSR count). The third kappa shape index (κ3) is 3.51. The predicted molar refractivity (Wildman–Crippen MR) is 90.8 cm³/mol. The number of carbonyl (C=O) groups is 2. The van der Waals surface area contributed by atoms with Crippen molar-refractivity contribution in [1.82, 2.24) is 0 Å². The standard InChI is InChI=1S/C18H19N3O2/c19-17(22)13-3-7-15(8-4-13)20-18(23)14-5-9-16(10-6-14)21-11-1-2-12-21/h3-10H,1-2,11-12H2,(H2,19,22)(H,20,23). The smallest absolute Gasteiger partial charge is 0.255 e. The summed E-state index contributed by atoms with van der Waals surface area (Å²) in [4.78, 5) is 25.6. The fourth-order valence-corrected chi connectivity index (χ4v) is 2.72. The van der Waals surface area contributed by atoms with Gasteiger partial charge in [-0.05, 0) is 61.4 Å². The molecule has 0 radical (unpaired) electrons. The van der Waals surface area contributed by atoms with Gasteiger partial charge in [-0.3, -0.25) is 9.59 Å². The van der Waals surface area contributed by atoms with E-state index in [1.807, 2.05) is 24.3 Å². The van der Waals surface area contributed by atoms with Gasteiger partial charge in [-0.25, -0.2) is 0 Å². The van der Waals surface area contributed by atoms with E-state index >= 15 is 0 Å². The van der Waals surface area contributed by atoms with Crippen LogP contribution in [0.15, 0.2) is 48.5 Å². The van der Waals surface area contributed by atoms with Gasteiger partial charge in [0.05, 0.1) is 0 Å². The van der Waals surface area contributed by atoms with Crippen molar-refractivity contribution in [1.29, 1.82) is 0 Å². The van der Waals surface area contributed by atoms with Crippen molar-refractivity contribution in [2.45, 2.75) is 12.8 Å². The Morgan fingerprint density at radius 1 is 0.870 bits per heavy atom. The van der Waals surface area contributed by atoms with E-state index < -0.39 is 5.91 Å². The molecule has 1 aliphatic rings. The Bertz CT molecular complexity index is 702.